The highest BCUT2D eigenvalue weighted by molar-refractivity contribution is 9.10. The second-order valence-electron chi connectivity index (χ2n) is 3.64. The molecular weight excluding hydrogens is 276 g/mol. The van der Waals surface area contributed by atoms with Crippen molar-refractivity contribution in [3.05, 3.63) is 76.3 Å². The Labute approximate surface area is 109 Å². The Morgan fingerprint density at radius 1 is 0.941 bits per heavy atom. The van der Waals surface area contributed by atoms with Crippen LogP contribution in [0, 0.1) is 0 Å². The molecule has 2 rings (SSSR count). The molecule has 0 aliphatic heterocycles. The Balaban J connectivity index is 2.11. The van der Waals surface area contributed by atoms with E-state index in [0.29, 0.717) is 0 Å². The zero-order valence-electron chi connectivity index (χ0n) is 9.18. The second kappa shape index (κ2) is 5.60. The van der Waals surface area contributed by atoms with E-state index in [4.69, 9.17) is 0 Å². The average Bonchev–Trinajstić information content (AvgIpc) is 2.39. The van der Waals surface area contributed by atoms with E-state index in [9.17, 15) is 4.79 Å². The van der Waals surface area contributed by atoms with E-state index in [1.165, 1.54) is 0 Å². The van der Waals surface area contributed by atoms with Crippen LogP contribution in [-0.4, -0.2) is 10.6 Å². The molecule has 17 heavy (non-hydrogen) atoms. The van der Waals surface area contributed by atoms with Crippen molar-refractivity contribution in [1.82, 2.24) is 0 Å². The third-order valence-corrected chi connectivity index (χ3v) is 2.90. The lowest BCUT2D eigenvalue weighted by Crippen LogP contribution is -1.94. The van der Waals surface area contributed by atoms with Gasteiger partial charge in [-0.3, -0.25) is 4.79 Å². The number of hydrogen-bond acceptors (Lipinski definition) is 0. The number of hydrogen-bond donors (Lipinski definition) is 0. The minimum absolute atomic E-state index is 0.272. The lowest BCUT2D eigenvalue weighted by Gasteiger charge is -1.92. The lowest BCUT2D eigenvalue weighted by molar-refractivity contribution is 0.682. The molecule has 0 aromatic heterocycles. The molecule has 0 saturated heterocycles. The standard InChI is InChI=1S/C15H11BrO/c16-14-9-6-12(7-10-14)8-11-15(17)13-4-2-1-3-5-13/h1-11H/p+1/b11-8+. The van der Waals surface area contributed by atoms with E-state index in [2.05, 4.69) is 15.9 Å². The Morgan fingerprint density at radius 3 is 2.24 bits per heavy atom. The SMILES string of the molecule is [OH+]=C(/C=C/c1ccc(Br)cc1)c1ccccc1. The molecule has 1 N–H and O–H groups in total. The zero-order valence-corrected chi connectivity index (χ0v) is 10.8. The van der Waals surface area contributed by atoms with Crippen molar-refractivity contribution < 1.29 is 4.79 Å². The molecule has 1 nitrogen and oxygen atoms in total. The summed E-state index contributed by atoms with van der Waals surface area (Å²) in [6.07, 6.45) is 3.59. The summed E-state index contributed by atoms with van der Waals surface area (Å²) < 4.78 is 1.05. The van der Waals surface area contributed by atoms with E-state index in [-0.39, 0.29) is 5.78 Å². The van der Waals surface area contributed by atoms with Crippen LogP contribution in [0.15, 0.2) is 65.1 Å². The van der Waals surface area contributed by atoms with Gasteiger partial charge in [0, 0.05) is 10.5 Å². The van der Waals surface area contributed by atoms with Gasteiger partial charge in [-0.15, -0.1) is 0 Å². The molecule has 0 unspecified atom stereocenters. The molecular formula is C15H12BrO+. The van der Waals surface area contributed by atoms with Crippen LogP contribution in [0.4, 0.5) is 0 Å². The number of carbonyl (C=O) groups excluding carboxylic acids is 1. The van der Waals surface area contributed by atoms with E-state index in [0.717, 1.165) is 15.6 Å². The third kappa shape index (κ3) is 3.40. The smallest absolute Gasteiger partial charge is 0.273 e. The fraction of sp³-hybridized carbons (Fsp3) is 0. The summed E-state index contributed by atoms with van der Waals surface area (Å²) in [6.45, 7) is 0. The van der Waals surface area contributed by atoms with Crippen LogP contribution in [0.1, 0.15) is 11.1 Å². The highest BCUT2D eigenvalue weighted by Gasteiger charge is 2.05. The van der Waals surface area contributed by atoms with Gasteiger partial charge in [0.1, 0.15) is 0 Å². The van der Waals surface area contributed by atoms with Crippen LogP contribution >= 0.6 is 15.9 Å². The van der Waals surface area contributed by atoms with Crippen LogP contribution in [0.5, 0.6) is 0 Å². The normalized spacial score (nSPS) is 10.6. The summed E-state index contributed by atoms with van der Waals surface area (Å²) in [5.74, 6) is 0.272. The molecule has 0 radical (unpaired) electrons. The van der Waals surface area contributed by atoms with Gasteiger partial charge in [-0.1, -0.05) is 46.3 Å². The average molecular weight is 288 g/mol. The second-order valence-corrected chi connectivity index (χ2v) is 4.55. The molecule has 0 fully saturated rings. The summed E-state index contributed by atoms with van der Waals surface area (Å²) in [5.41, 5.74) is 1.87. The molecule has 2 heteroatoms. The van der Waals surface area contributed by atoms with E-state index >= 15 is 0 Å². The van der Waals surface area contributed by atoms with E-state index < -0.39 is 0 Å². The highest BCUT2D eigenvalue weighted by atomic mass is 79.9. The minimum Gasteiger partial charge on any atom is -0.273 e. The van der Waals surface area contributed by atoms with Crippen LogP contribution in [0.3, 0.4) is 0 Å². The summed E-state index contributed by atoms with van der Waals surface area (Å²) in [6, 6.07) is 17.4. The van der Waals surface area contributed by atoms with Crippen molar-refractivity contribution in [3.63, 3.8) is 0 Å². The summed E-state index contributed by atoms with van der Waals surface area (Å²) >= 11 is 3.38. The molecule has 0 bridgehead atoms. The molecule has 0 spiro atoms. The van der Waals surface area contributed by atoms with Gasteiger partial charge >= 0.3 is 5.78 Å². The van der Waals surface area contributed by atoms with Crippen LogP contribution in [0.2, 0.25) is 0 Å². The first-order valence-corrected chi connectivity index (χ1v) is 6.10. The summed E-state index contributed by atoms with van der Waals surface area (Å²) in [5, 5.41) is 0. The maximum absolute atomic E-state index is 9.86. The van der Waals surface area contributed by atoms with Crippen molar-refractivity contribution in [2.45, 2.75) is 0 Å². The first-order chi connectivity index (χ1) is 8.25. The van der Waals surface area contributed by atoms with Gasteiger partial charge in [-0.05, 0) is 35.9 Å². The van der Waals surface area contributed by atoms with Crippen LogP contribution in [-0.2, 0) is 0 Å². The van der Waals surface area contributed by atoms with Crippen LogP contribution < -0.4 is 0 Å². The molecule has 2 aromatic carbocycles. The topological polar surface area (TPSA) is 21.4 Å². The summed E-state index contributed by atoms with van der Waals surface area (Å²) in [4.78, 5) is 9.86. The lowest BCUT2D eigenvalue weighted by atomic mass is 10.1. The van der Waals surface area contributed by atoms with Gasteiger partial charge in [-0.25, -0.2) is 0 Å². The number of ketones is 1. The first kappa shape index (κ1) is 11.8. The van der Waals surface area contributed by atoms with Gasteiger partial charge in [0.15, 0.2) is 0 Å². The fourth-order valence-electron chi connectivity index (χ4n) is 1.45. The van der Waals surface area contributed by atoms with E-state index in [1.54, 1.807) is 6.08 Å². The van der Waals surface area contributed by atoms with Gasteiger partial charge in [0.2, 0.25) is 0 Å². The number of benzene rings is 2. The summed E-state index contributed by atoms with van der Waals surface area (Å²) in [7, 11) is 0. The molecule has 2 aromatic rings. The molecule has 0 atom stereocenters. The number of halogens is 1. The van der Waals surface area contributed by atoms with Crippen LogP contribution in [0.25, 0.3) is 6.08 Å². The number of rotatable bonds is 3. The Hall–Kier alpha value is -1.67. The Kier molecular flexibility index (Phi) is 3.89. The quantitative estimate of drug-likeness (QED) is 0.461. The zero-order chi connectivity index (χ0) is 12.1. The number of allylic oxidation sites excluding steroid dienone is 1. The van der Waals surface area contributed by atoms with Gasteiger partial charge in [0.25, 0.3) is 0 Å². The highest BCUT2D eigenvalue weighted by Crippen LogP contribution is 2.12. The van der Waals surface area contributed by atoms with Crippen molar-refractivity contribution in [2.24, 2.45) is 0 Å². The predicted octanol–water partition coefficient (Wildman–Crippen LogP) is 4.06. The van der Waals surface area contributed by atoms with Gasteiger partial charge in [0.05, 0.1) is 5.56 Å². The minimum atomic E-state index is 0.272. The van der Waals surface area contributed by atoms with Crippen molar-refractivity contribution in [3.8, 4) is 0 Å². The van der Waals surface area contributed by atoms with Gasteiger partial charge < -0.3 is 0 Å². The Bertz CT molecular complexity index is 527. The maximum Gasteiger partial charge on any atom is 0.347 e. The molecule has 0 heterocycles. The largest absolute Gasteiger partial charge is 0.347 e. The van der Waals surface area contributed by atoms with Crippen molar-refractivity contribution >= 4 is 27.8 Å². The predicted molar refractivity (Wildman–Crippen MR) is 75.7 cm³/mol. The van der Waals surface area contributed by atoms with Gasteiger partial charge in [-0.2, -0.15) is 0 Å². The molecule has 0 amide bonds. The molecule has 0 saturated carbocycles. The van der Waals surface area contributed by atoms with Crippen molar-refractivity contribution in [1.29, 1.82) is 0 Å². The monoisotopic (exact) mass is 287 g/mol. The van der Waals surface area contributed by atoms with E-state index in [1.807, 2.05) is 60.7 Å². The first-order valence-electron chi connectivity index (χ1n) is 5.31. The molecule has 0 aliphatic rings. The van der Waals surface area contributed by atoms with Crippen molar-refractivity contribution in [2.75, 3.05) is 0 Å². The maximum atomic E-state index is 9.86. The fourth-order valence-corrected chi connectivity index (χ4v) is 1.72. The molecule has 0 aliphatic carbocycles. The molecule has 84 valence electrons. The third-order valence-electron chi connectivity index (χ3n) is 2.37. The Morgan fingerprint density at radius 2 is 1.59 bits per heavy atom.